The van der Waals surface area contributed by atoms with Gasteiger partial charge < -0.3 is 4.74 Å². The molecule has 23 heavy (non-hydrogen) atoms. The van der Waals surface area contributed by atoms with Gasteiger partial charge in [0.15, 0.2) is 5.78 Å². The molecule has 1 aliphatic rings. The number of aryl methyl sites for hydroxylation is 1. The van der Waals surface area contributed by atoms with Crippen LogP contribution in [0.5, 0.6) is 5.75 Å². The third-order valence-corrected chi connectivity index (χ3v) is 5.29. The third-order valence-electron chi connectivity index (χ3n) is 3.83. The number of ether oxygens (including phenoxy) is 1. The molecule has 0 bridgehead atoms. The van der Waals surface area contributed by atoms with Gasteiger partial charge in [0.05, 0.1) is 10.5 Å². The lowest BCUT2D eigenvalue weighted by atomic mass is 9.97. The van der Waals surface area contributed by atoms with E-state index in [0.29, 0.717) is 11.3 Å². The van der Waals surface area contributed by atoms with Crippen molar-refractivity contribution >= 4 is 15.8 Å². The number of hydrogen-bond donors (Lipinski definition) is 1. The van der Waals surface area contributed by atoms with Crippen LogP contribution in [0, 0.1) is 6.92 Å². The highest BCUT2D eigenvalue weighted by Gasteiger charge is 2.37. The Morgan fingerprint density at radius 3 is 2.39 bits per heavy atom. The Balaban J connectivity index is 1.90. The molecule has 1 N–H and O–H groups in total. The van der Waals surface area contributed by atoms with Gasteiger partial charge >= 0.3 is 0 Å². The molecule has 0 spiro atoms. The average molecular weight is 331 g/mol. The van der Waals surface area contributed by atoms with E-state index in [2.05, 4.69) is 4.72 Å². The predicted octanol–water partition coefficient (Wildman–Crippen LogP) is 2.31. The number of nitrogens with one attached hydrogen (secondary N) is 1. The highest BCUT2D eigenvalue weighted by atomic mass is 32.2. The van der Waals surface area contributed by atoms with Crippen molar-refractivity contribution in [1.29, 1.82) is 0 Å². The first-order chi connectivity index (χ1) is 10.9. The average Bonchev–Trinajstić information content (AvgIpc) is 2.52. The molecule has 2 aromatic rings. The van der Waals surface area contributed by atoms with E-state index >= 15 is 0 Å². The number of carbonyl (C=O) groups is 1. The summed E-state index contributed by atoms with van der Waals surface area (Å²) < 4.78 is 33.1. The van der Waals surface area contributed by atoms with E-state index in [-0.39, 0.29) is 10.7 Å². The molecular formula is C17H17NO4S. The number of ketones is 1. The quantitative estimate of drug-likeness (QED) is 0.937. The van der Waals surface area contributed by atoms with Crippen molar-refractivity contribution in [3.05, 3.63) is 59.7 Å². The SMILES string of the molecule is Cc1ccc(S(=O)(=O)N[C@@H]2C(=O)c3ccccc3O[C@@H]2C)cc1. The van der Waals surface area contributed by atoms with E-state index in [1.807, 2.05) is 6.92 Å². The molecule has 0 amide bonds. The summed E-state index contributed by atoms with van der Waals surface area (Å²) in [7, 11) is -3.80. The number of hydrogen-bond acceptors (Lipinski definition) is 4. The Bertz CT molecular complexity index is 843. The standard InChI is InChI=1S/C17H17NO4S/c1-11-7-9-13(10-8-11)23(20,21)18-16-12(2)22-15-6-4-3-5-14(15)17(16)19/h3-10,12,16,18H,1-2H3/t12-,16+/m1/s1. The summed E-state index contributed by atoms with van der Waals surface area (Å²) in [5.74, 6) is 0.200. The van der Waals surface area contributed by atoms with E-state index in [9.17, 15) is 13.2 Å². The lowest BCUT2D eigenvalue weighted by Crippen LogP contribution is -2.52. The molecule has 6 heteroatoms. The predicted molar refractivity (Wildman–Crippen MR) is 86.2 cm³/mol. The zero-order valence-electron chi connectivity index (χ0n) is 12.8. The van der Waals surface area contributed by atoms with Gasteiger partial charge in [0.1, 0.15) is 17.9 Å². The Hall–Kier alpha value is -2.18. The maximum absolute atomic E-state index is 12.6. The van der Waals surface area contributed by atoms with Crippen molar-refractivity contribution in [1.82, 2.24) is 4.72 Å². The largest absolute Gasteiger partial charge is 0.488 e. The van der Waals surface area contributed by atoms with Crippen molar-refractivity contribution < 1.29 is 17.9 Å². The molecule has 1 heterocycles. The first-order valence-corrected chi connectivity index (χ1v) is 8.76. The van der Waals surface area contributed by atoms with Gasteiger partial charge in [0.25, 0.3) is 0 Å². The lowest BCUT2D eigenvalue weighted by molar-refractivity contribution is 0.0797. The summed E-state index contributed by atoms with van der Waals surface area (Å²) in [5, 5.41) is 0. The fraction of sp³-hybridized carbons (Fsp3) is 0.235. The van der Waals surface area contributed by atoms with Crippen molar-refractivity contribution in [2.24, 2.45) is 0 Å². The van der Waals surface area contributed by atoms with Crippen molar-refractivity contribution in [3.63, 3.8) is 0 Å². The van der Waals surface area contributed by atoms with Crippen LogP contribution in [0.3, 0.4) is 0 Å². The van der Waals surface area contributed by atoms with Crippen LogP contribution in [0.15, 0.2) is 53.4 Å². The molecule has 0 fully saturated rings. The molecule has 0 aromatic heterocycles. The number of Topliss-reactive ketones (excluding diaryl/α,β-unsaturated/α-hetero) is 1. The zero-order valence-corrected chi connectivity index (χ0v) is 13.6. The fourth-order valence-corrected chi connectivity index (χ4v) is 3.79. The molecule has 0 radical (unpaired) electrons. The molecule has 120 valence electrons. The summed E-state index contributed by atoms with van der Waals surface area (Å²) >= 11 is 0. The molecular weight excluding hydrogens is 314 g/mol. The minimum atomic E-state index is -3.80. The zero-order chi connectivity index (χ0) is 16.6. The highest BCUT2D eigenvalue weighted by Crippen LogP contribution is 2.28. The van der Waals surface area contributed by atoms with Gasteiger partial charge in [-0.25, -0.2) is 8.42 Å². The lowest BCUT2D eigenvalue weighted by Gasteiger charge is -2.30. The third kappa shape index (κ3) is 3.00. The number of fused-ring (bicyclic) bond motifs is 1. The summed E-state index contributed by atoms with van der Waals surface area (Å²) in [6.07, 6.45) is -0.586. The van der Waals surface area contributed by atoms with Crippen LogP contribution < -0.4 is 9.46 Å². The number of sulfonamides is 1. The number of carbonyl (C=O) groups excluding carboxylic acids is 1. The Labute approximate surface area is 135 Å². The van der Waals surface area contributed by atoms with Gasteiger partial charge in [-0.05, 0) is 38.1 Å². The topological polar surface area (TPSA) is 72.5 Å². The second kappa shape index (κ2) is 5.79. The number of benzene rings is 2. The summed E-state index contributed by atoms with van der Waals surface area (Å²) in [5.41, 5.74) is 1.35. The maximum atomic E-state index is 12.6. The van der Waals surface area contributed by atoms with E-state index in [1.54, 1.807) is 43.3 Å². The first kappa shape index (κ1) is 15.7. The first-order valence-electron chi connectivity index (χ1n) is 7.27. The van der Waals surface area contributed by atoms with Crippen molar-refractivity contribution in [2.45, 2.75) is 30.9 Å². The van der Waals surface area contributed by atoms with E-state index < -0.39 is 22.2 Å². The fourth-order valence-electron chi connectivity index (χ4n) is 2.52. The molecule has 3 rings (SSSR count). The van der Waals surface area contributed by atoms with Crippen LogP contribution in [-0.2, 0) is 10.0 Å². The molecule has 0 saturated carbocycles. The van der Waals surface area contributed by atoms with Gasteiger partial charge in [0, 0.05) is 0 Å². The smallest absolute Gasteiger partial charge is 0.241 e. The second-order valence-corrected chi connectivity index (χ2v) is 7.31. The van der Waals surface area contributed by atoms with E-state index in [1.165, 1.54) is 12.1 Å². The number of rotatable bonds is 3. The second-order valence-electron chi connectivity index (χ2n) is 5.60. The summed E-state index contributed by atoms with van der Waals surface area (Å²) in [6, 6.07) is 12.4. The number of para-hydroxylation sites is 1. The molecule has 1 aliphatic heterocycles. The monoisotopic (exact) mass is 331 g/mol. The van der Waals surface area contributed by atoms with Crippen molar-refractivity contribution in [3.8, 4) is 5.75 Å². The van der Waals surface area contributed by atoms with Gasteiger partial charge in [0.2, 0.25) is 10.0 Å². The normalized spacial score (nSPS) is 20.7. The molecule has 5 nitrogen and oxygen atoms in total. The van der Waals surface area contributed by atoms with Crippen LogP contribution >= 0.6 is 0 Å². The van der Waals surface area contributed by atoms with Crippen LogP contribution in [0.4, 0.5) is 0 Å². The molecule has 2 aromatic carbocycles. The summed E-state index contributed by atoms with van der Waals surface area (Å²) in [6.45, 7) is 3.55. The minimum absolute atomic E-state index is 0.127. The van der Waals surface area contributed by atoms with Crippen molar-refractivity contribution in [2.75, 3.05) is 0 Å². The Morgan fingerprint density at radius 1 is 1.04 bits per heavy atom. The molecule has 0 unspecified atom stereocenters. The van der Waals surface area contributed by atoms with Crippen LogP contribution in [0.2, 0.25) is 0 Å². The Kier molecular flexibility index (Phi) is 3.95. The van der Waals surface area contributed by atoms with Crippen LogP contribution in [-0.4, -0.2) is 26.3 Å². The molecule has 0 aliphatic carbocycles. The van der Waals surface area contributed by atoms with E-state index in [4.69, 9.17) is 4.74 Å². The highest BCUT2D eigenvalue weighted by molar-refractivity contribution is 7.89. The summed E-state index contributed by atoms with van der Waals surface area (Å²) in [4.78, 5) is 12.7. The molecule has 0 saturated heterocycles. The Morgan fingerprint density at radius 2 is 1.70 bits per heavy atom. The minimum Gasteiger partial charge on any atom is -0.488 e. The van der Waals surface area contributed by atoms with Gasteiger partial charge in [-0.15, -0.1) is 0 Å². The maximum Gasteiger partial charge on any atom is 0.241 e. The van der Waals surface area contributed by atoms with Crippen LogP contribution in [0.1, 0.15) is 22.8 Å². The van der Waals surface area contributed by atoms with Gasteiger partial charge in [-0.1, -0.05) is 29.8 Å². The van der Waals surface area contributed by atoms with E-state index in [0.717, 1.165) is 5.56 Å². The van der Waals surface area contributed by atoms with Gasteiger partial charge in [-0.2, -0.15) is 4.72 Å². The molecule has 2 atom stereocenters. The van der Waals surface area contributed by atoms with Gasteiger partial charge in [-0.3, -0.25) is 4.79 Å². The van der Waals surface area contributed by atoms with Crippen LogP contribution in [0.25, 0.3) is 0 Å².